The zero-order valence-corrected chi connectivity index (χ0v) is 12.5. The predicted octanol–water partition coefficient (Wildman–Crippen LogP) is 2.78. The van der Waals surface area contributed by atoms with E-state index in [2.05, 4.69) is 25.5 Å². The third-order valence-corrected chi connectivity index (χ3v) is 3.54. The average molecular weight is 297 g/mol. The molecule has 1 aliphatic rings. The lowest BCUT2D eigenvalue weighted by molar-refractivity contribution is -0.114. The summed E-state index contributed by atoms with van der Waals surface area (Å²) in [5.41, 5.74) is 1.63. The van der Waals surface area contributed by atoms with Crippen molar-refractivity contribution in [3.05, 3.63) is 36.7 Å². The molecule has 2 aromatic rings. The zero-order chi connectivity index (χ0) is 15.4. The molecule has 1 aromatic heterocycles. The van der Waals surface area contributed by atoms with Gasteiger partial charge in [0.2, 0.25) is 5.91 Å². The Morgan fingerprint density at radius 1 is 1.14 bits per heavy atom. The first-order valence-corrected chi connectivity index (χ1v) is 7.42. The van der Waals surface area contributed by atoms with Gasteiger partial charge in [-0.15, -0.1) is 0 Å². The van der Waals surface area contributed by atoms with Gasteiger partial charge >= 0.3 is 0 Å². The Morgan fingerprint density at radius 3 is 2.68 bits per heavy atom. The zero-order valence-electron chi connectivity index (χ0n) is 12.5. The molecule has 1 amide bonds. The lowest BCUT2D eigenvalue weighted by atomic mass is 10.2. The highest BCUT2D eigenvalue weighted by Gasteiger charge is 2.14. The average Bonchev–Trinajstić information content (AvgIpc) is 3.01. The first-order chi connectivity index (χ1) is 10.7. The maximum atomic E-state index is 11.1. The molecule has 0 bridgehead atoms. The van der Waals surface area contributed by atoms with Gasteiger partial charge in [0.05, 0.1) is 0 Å². The van der Waals surface area contributed by atoms with E-state index in [0.717, 1.165) is 36.1 Å². The molecule has 0 unspecified atom stereocenters. The van der Waals surface area contributed by atoms with Crippen molar-refractivity contribution in [2.24, 2.45) is 0 Å². The minimum absolute atomic E-state index is 0.0875. The summed E-state index contributed by atoms with van der Waals surface area (Å²) in [5, 5.41) is 6.02. The van der Waals surface area contributed by atoms with Crippen LogP contribution in [0.15, 0.2) is 36.7 Å². The summed E-state index contributed by atoms with van der Waals surface area (Å²) < 4.78 is 0. The van der Waals surface area contributed by atoms with E-state index in [1.165, 1.54) is 19.8 Å². The number of carbonyl (C=O) groups is 1. The van der Waals surface area contributed by atoms with E-state index in [4.69, 9.17) is 0 Å². The first-order valence-electron chi connectivity index (χ1n) is 7.42. The van der Waals surface area contributed by atoms with Crippen LogP contribution in [0, 0.1) is 0 Å². The second kappa shape index (κ2) is 6.43. The van der Waals surface area contributed by atoms with Gasteiger partial charge in [-0.1, -0.05) is 6.07 Å². The summed E-state index contributed by atoms with van der Waals surface area (Å²) in [6.07, 6.45) is 4.00. The van der Waals surface area contributed by atoms with Crippen molar-refractivity contribution in [2.45, 2.75) is 19.8 Å². The standard InChI is InChI=1S/C16H19N5O/c1-12(22)19-13-5-4-6-14(9-13)20-15-10-16(18-11-17-15)21-7-2-3-8-21/h4-6,9-11H,2-3,7-8H2,1H3,(H,19,22)(H,17,18,20). The summed E-state index contributed by atoms with van der Waals surface area (Å²) in [7, 11) is 0. The molecule has 1 aliphatic heterocycles. The van der Waals surface area contributed by atoms with Crippen molar-refractivity contribution in [1.82, 2.24) is 9.97 Å². The molecule has 0 atom stereocenters. The fraction of sp³-hybridized carbons (Fsp3) is 0.312. The van der Waals surface area contributed by atoms with Gasteiger partial charge < -0.3 is 15.5 Å². The van der Waals surface area contributed by atoms with Crippen molar-refractivity contribution in [3.63, 3.8) is 0 Å². The normalized spacial score (nSPS) is 14.0. The molecule has 3 rings (SSSR count). The Morgan fingerprint density at radius 2 is 1.91 bits per heavy atom. The Balaban J connectivity index is 1.75. The van der Waals surface area contributed by atoms with E-state index < -0.39 is 0 Å². The predicted molar refractivity (Wildman–Crippen MR) is 87.5 cm³/mol. The van der Waals surface area contributed by atoms with Gasteiger partial charge in [-0.2, -0.15) is 0 Å². The van der Waals surface area contributed by atoms with E-state index in [1.54, 1.807) is 6.33 Å². The van der Waals surface area contributed by atoms with Crippen LogP contribution in [0.3, 0.4) is 0 Å². The Labute approximate surface area is 129 Å². The second-order valence-corrected chi connectivity index (χ2v) is 5.34. The van der Waals surface area contributed by atoms with Crippen LogP contribution in [0.25, 0.3) is 0 Å². The molecule has 6 heteroatoms. The van der Waals surface area contributed by atoms with Gasteiger partial charge in [0.25, 0.3) is 0 Å². The number of rotatable bonds is 4. The highest BCUT2D eigenvalue weighted by atomic mass is 16.1. The molecule has 22 heavy (non-hydrogen) atoms. The highest BCUT2D eigenvalue weighted by Crippen LogP contribution is 2.23. The molecule has 0 spiro atoms. The van der Waals surface area contributed by atoms with Crippen molar-refractivity contribution in [3.8, 4) is 0 Å². The largest absolute Gasteiger partial charge is 0.356 e. The van der Waals surface area contributed by atoms with E-state index in [-0.39, 0.29) is 5.91 Å². The van der Waals surface area contributed by atoms with Crippen LogP contribution in [-0.2, 0) is 4.79 Å². The van der Waals surface area contributed by atoms with Crippen LogP contribution in [0.2, 0.25) is 0 Å². The van der Waals surface area contributed by atoms with Gasteiger partial charge in [-0.05, 0) is 31.0 Å². The fourth-order valence-corrected chi connectivity index (χ4v) is 2.56. The monoisotopic (exact) mass is 297 g/mol. The number of benzene rings is 1. The molecule has 2 N–H and O–H groups in total. The topological polar surface area (TPSA) is 70.2 Å². The number of hydrogen-bond acceptors (Lipinski definition) is 5. The number of nitrogens with one attached hydrogen (secondary N) is 2. The third-order valence-electron chi connectivity index (χ3n) is 3.54. The molecule has 2 heterocycles. The van der Waals surface area contributed by atoms with Crippen LogP contribution in [0.1, 0.15) is 19.8 Å². The summed E-state index contributed by atoms with van der Waals surface area (Å²) in [6, 6.07) is 9.50. The van der Waals surface area contributed by atoms with Gasteiger partial charge in [0.1, 0.15) is 18.0 Å². The van der Waals surface area contributed by atoms with Crippen molar-refractivity contribution in [1.29, 1.82) is 0 Å². The molecule has 1 saturated heterocycles. The lowest BCUT2D eigenvalue weighted by Gasteiger charge is -2.16. The smallest absolute Gasteiger partial charge is 0.221 e. The summed E-state index contributed by atoms with van der Waals surface area (Å²) in [5.74, 6) is 1.61. The van der Waals surface area contributed by atoms with Crippen LogP contribution >= 0.6 is 0 Å². The quantitative estimate of drug-likeness (QED) is 0.908. The number of hydrogen-bond donors (Lipinski definition) is 2. The molecular weight excluding hydrogens is 278 g/mol. The number of aromatic nitrogens is 2. The summed E-state index contributed by atoms with van der Waals surface area (Å²) in [4.78, 5) is 22.0. The second-order valence-electron chi connectivity index (χ2n) is 5.34. The van der Waals surface area contributed by atoms with E-state index in [9.17, 15) is 4.79 Å². The van der Waals surface area contributed by atoms with Crippen LogP contribution < -0.4 is 15.5 Å². The van der Waals surface area contributed by atoms with E-state index in [0.29, 0.717) is 0 Å². The Bertz CT molecular complexity index is 667. The van der Waals surface area contributed by atoms with E-state index in [1.807, 2.05) is 30.3 Å². The molecular formula is C16H19N5O. The van der Waals surface area contributed by atoms with Gasteiger partial charge in [-0.3, -0.25) is 4.79 Å². The summed E-state index contributed by atoms with van der Waals surface area (Å²) in [6.45, 7) is 3.59. The van der Waals surface area contributed by atoms with Gasteiger partial charge in [0.15, 0.2) is 0 Å². The summed E-state index contributed by atoms with van der Waals surface area (Å²) >= 11 is 0. The van der Waals surface area contributed by atoms with Crippen LogP contribution in [0.4, 0.5) is 23.0 Å². The van der Waals surface area contributed by atoms with Crippen LogP contribution in [0.5, 0.6) is 0 Å². The minimum atomic E-state index is -0.0875. The number of carbonyl (C=O) groups excluding carboxylic acids is 1. The van der Waals surface area contributed by atoms with Crippen molar-refractivity contribution in [2.75, 3.05) is 28.6 Å². The van der Waals surface area contributed by atoms with Crippen LogP contribution in [-0.4, -0.2) is 29.0 Å². The molecule has 6 nitrogen and oxygen atoms in total. The lowest BCUT2D eigenvalue weighted by Crippen LogP contribution is -2.19. The van der Waals surface area contributed by atoms with Gasteiger partial charge in [0, 0.05) is 37.5 Å². The first kappa shape index (κ1) is 14.3. The molecule has 114 valence electrons. The van der Waals surface area contributed by atoms with Crippen molar-refractivity contribution < 1.29 is 4.79 Å². The maximum absolute atomic E-state index is 11.1. The molecule has 1 aromatic carbocycles. The van der Waals surface area contributed by atoms with Gasteiger partial charge in [-0.25, -0.2) is 9.97 Å². The minimum Gasteiger partial charge on any atom is -0.356 e. The highest BCUT2D eigenvalue weighted by molar-refractivity contribution is 5.89. The van der Waals surface area contributed by atoms with E-state index >= 15 is 0 Å². The Kier molecular flexibility index (Phi) is 4.18. The fourth-order valence-electron chi connectivity index (χ4n) is 2.56. The number of nitrogens with zero attached hydrogens (tertiary/aromatic N) is 3. The molecule has 0 saturated carbocycles. The maximum Gasteiger partial charge on any atom is 0.221 e. The molecule has 0 aliphatic carbocycles. The SMILES string of the molecule is CC(=O)Nc1cccc(Nc2cc(N3CCCC3)ncn2)c1. The number of anilines is 4. The Hall–Kier alpha value is -2.63. The molecule has 0 radical (unpaired) electrons. The third kappa shape index (κ3) is 3.52. The number of amides is 1. The molecule has 1 fully saturated rings. The van der Waals surface area contributed by atoms with Crippen molar-refractivity contribution >= 4 is 28.9 Å².